The summed E-state index contributed by atoms with van der Waals surface area (Å²) in [5.74, 6) is 1.85. The van der Waals surface area contributed by atoms with Crippen LogP contribution in [0.3, 0.4) is 0 Å². The molecule has 0 spiro atoms. The van der Waals surface area contributed by atoms with E-state index in [9.17, 15) is 0 Å². The van der Waals surface area contributed by atoms with Crippen molar-refractivity contribution in [3.8, 4) is 0 Å². The first-order chi connectivity index (χ1) is 14.8. The molecule has 30 heavy (non-hydrogen) atoms. The Morgan fingerprint density at radius 3 is 2.50 bits per heavy atom. The Bertz CT molecular complexity index is 1120. The average Bonchev–Trinajstić information content (AvgIpc) is 2.81. The molecular weight excluding hydrogens is 372 g/mol. The molecule has 1 aliphatic rings. The fraction of sp³-hybridized carbons (Fsp3) is 0.250. The molecule has 0 saturated carbocycles. The molecule has 150 valence electrons. The summed E-state index contributed by atoms with van der Waals surface area (Å²) >= 11 is 0. The van der Waals surface area contributed by atoms with Crippen molar-refractivity contribution in [2.24, 2.45) is 0 Å². The van der Waals surface area contributed by atoms with Crippen LogP contribution in [0, 0.1) is 0 Å². The van der Waals surface area contributed by atoms with Gasteiger partial charge in [-0.3, -0.25) is 9.88 Å². The van der Waals surface area contributed by atoms with E-state index in [1.54, 1.807) is 18.5 Å². The number of likely N-dealkylation sites (tertiary alicyclic amines) is 1. The lowest BCUT2D eigenvalue weighted by Crippen LogP contribution is -2.32. The van der Waals surface area contributed by atoms with Crippen LogP contribution < -0.4 is 5.32 Å². The number of aromatic nitrogens is 4. The van der Waals surface area contributed by atoms with Gasteiger partial charge in [0.1, 0.15) is 5.82 Å². The number of hydrogen-bond donors (Lipinski definition) is 1. The highest BCUT2D eigenvalue weighted by Gasteiger charge is 2.22. The van der Waals surface area contributed by atoms with Crippen LogP contribution in [0.2, 0.25) is 0 Å². The fourth-order valence-electron chi connectivity index (χ4n) is 4.16. The maximum Gasteiger partial charge on any atom is 0.228 e. The van der Waals surface area contributed by atoms with Gasteiger partial charge in [-0.2, -0.15) is 0 Å². The topological polar surface area (TPSA) is 66.8 Å². The number of nitrogens with zero attached hydrogens (tertiary/aromatic N) is 5. The van der Waals surface area contributed by atoms with Gasteiger partial charge in [0.05, 0.1) is 5.52 Å². The van der Waals surface area contributed by atoms with Crippen molar-refractivity contribution in [2.45, 2.75) is 25.3 Å². The van der Waals surface area contributed by atoms with Crippen LogP contribution in [0.15, 0.2) is 73.2 Å². The summed E-state index contributed by atoms with van der Waals surface area (Å²) in [6, 6.07) is 18.6. The molecular formula is C24H24N6. The minimum atomic E-state index is 0.480. The Morgan fingerprint density at radius 1 is 0.833 bits per heavy atom. The van der Waals surface area contributed by atoms with E-state index in [4.69, 9.17) is 4.98 Å². The number of piperidine rings is 1. The van der Waals surface area contributed by atoms with Gasteiger partial charge >= 0.3 is 0 Å². The Balaban J connectivity index is 1.23. The molecule has 4 aromatic rings. The van der Waals surface area contributed by atoms with Gasteiger partial charge < -0.3 is 5.32 Å². The minimum absolute atomic E-state index is 0.480. The predicted molar refractivity (Wildman–Crippen MR) is 119 cm³/mol. The average molecular weight is 396 g/mol. The summed E-state index contributed by atoms with van der Waals surface area (Å²) in [6.45, 7) is 3.11. The molecule has 1 saturated heterocycles. The lowest BCUT2D eigenvalue weighted by molar-refractivity contribution is 0.204. The number of rotatable bonds is 5. The number of anilines is 2. The first-order valence-corrected chi connectivity index (χ1v) is 10.4. The number of pyridine rings is 2. The monoisotopic (exact) mass is 396 g/mol. The van der Waals surface area contributed by atoms with E-state index in [0.717, 1.165) is 49.5 Å². The molecule has 0 aliphatic carbocycles. The lowest BCUT2D eigenvalue weighted by atomic mass is 9.92. The van der Waals surface area contributed by atoms with Crippen LogP contribution in [0.5, 0.6) is 0 Å². The second-order valence-electron chi connectivity index (χ2n) is 7.68. The largest absolute Gasteiger partial charge is 0.309 e. The molecule has 1 aromatic carbocycles. The van der Waals surface area contributed by atoms with E-state index in [-0.39, 0.29) is 0 Å². The number of fused-ring (bicyclic) bond motifs is 1. The fourth-order valence-corrected chi connectivity index (χ4v) is 4.16. The zero-order chi connectivity index (χ0) is 20.2. The summed E-state index contributed by atoms with van der Waals surface area (Å²) < 4.78 is 0. The molecule has 0 radical (unpaired) electrons. The van der Waals surface area contributed by atoms with E-state index < -0.39 is 0 Å². The van der Waals surface area contributed by atoms with Gasteiger partial charge in [0.15, 0.2) is 0 Å². The van der Waals surface area contributed by atoms with Crippen LogP contribution >= 0.6 is 0 Å². The molecule has 6 heteroatoms. The quantitative estimate of drug-likeness (QED) is 0.534. The number of benzene rings is 1. The predicted octanol–water partition coefficient (Wildman–Crippen LogP) is 4.54. The second kappa shape index (κ2) is 8.55. The maximum atomic E-state index is 4.82. The van der Waals surface area contributed by atoms with Gasteiger partial charge in [0, 0.05) is 42.1 Å². The zero-order valence-corrected chi connectivity index (χ0v) is 16.8. The van der Waals surface area contributed by atoms with Crippen molar-refractivity contribution in [1.29, 1.82) is 0 Å². The third-order valence-corrected chi connectivity index (χ3v) is 5.71. The highest BCUT2D eigenvalue weighted by atomic mass is 15.1. The summed E-state index contributed by atoms with van der Waals surface area (Å²) in [5.41, 5.74) is 3.57. The van der Waals surface area contributed by atoms with E-state index >= 15 is 0 Å². The molecule has 0 bridgehead atoms. The lowest BCUT2D eigenvalue weighted by Gasteiger charge is -2.32. The second-order valence-corrected chi connectivity index (χ2v) is 7.68. The van der Waals surface area contributed by atoms with E-state index in [0.29, 0.717) is 11.9 Å². The van der Waals surface area contributed by atoms with Crippen molar-refractivity contribution >= 4 is 22.7 Å². The summed E-state index contributed by atoms with van der Waals surface area (Å²) in [7, 11) is 0. The van der Waals surface area contributed by atoms with Gasteiger partial charge in [-0.1, -0.05) is 24.3 Å². The van der Waals surface area contributed by atoms with Gasteiger partial charge in [-0.05, 0) is 61.8 Å². The SMILES string of the molecule is c1cnc(Nc2cccc(C3CCN(Cc4cccc5ncccc45)CC3)n2)nc1. The van der Waals surface area contributed by atoms with Crippen LogP contribution in [-0.2, 0) is 6.54 Å². The van der Waals surface area contributed by atoms with Gasteiger partial charge in [0.25, 0.3) is 0 Å². The van der Waals surface area contributed by atoms with E-state index in [1.165, 1.54) is 10.9 Å². The van der Waals surface area contributed by atoms with E-state index in [2.05, 4.69) is 61.6 Å². The molecule has 0 unspecified atom stereocenters. The third kappa shape index (κ3) is 4.14. The molecule has 0 amide bonds. The Morgan fingerprint density at radius 2 is 1.63 bits per heavy atom. The molecule has 1 N–H and O–H groups in total. The molecule has 3 aromatic heterocycles. The van der Waals surface area contributed by atoms with E-state index in [1.807, 2.05) is 18.3 Å². The molecule has 0 atom stereocenters. The highest BCUT2D eigenvalue weighted by molar-refractivity contribution is 5.81. The van der Waals surface area contributed by atoms with Gasteiger partial charge in [-0.15, -0.1) is 0 Å². The normalized spacial score (nSPS) is 15.3. The number of nitrogens with one attached hydrogen (secondary N) is 1. The van der Waals surface area contributed by atoms with Gasteiger partial charge in [0.2, 0.25) is 5.95 Å². The summed E-state index contributed by atoms with van der Waals surface area (Å²) in [4.78, 5) is 20.3. The molecule has 5 rings (SSSR count). The van der Waals surface area contributed by atoms with Crippen LogP contribution in [0.4, 0.5) is 11.8 Å². The highest BCUT2D eigenvalue weighted by Crippen LogP contribution is 2.29. The molecule has 1 fully saturated rings. The summed E-state index contributed by atoms with van der Waals surface area (Å²) in [6.07, 6.45) is 7.53. The standard InChI is InChI=1S/C24H24N6/c1-5-19(20-6-3-12-25-22(20)8-1)17-30-15-10-18(11-16-30)21-7-2-9-23(28-21)29-24-26-13-4-14-27-24/h1-9,12-14,18H,10-11,15-17H2,(H,26,27,28,29). The molecule has 4 heterocycles. The Hall–Kier alpha value is -3.38. The number of hydrogen-bond acceptors (Lipinski definition) is 6. The van der Waals surface area contributed by atoms with Crippen molar-refractivity contribution in [2.75, 3.05) is 18.4 Å². The smallest absolute Gasteiger partial charge is 0.228 e. The Kier molecular flexibility index (Phi) is 5.31. The third-order valence-electron chi connectivity index (χ3n) is 5.71. The first kappa shape index (κ1) is 18.6. The Labute approximate surface area is 176 Å². The van der Waals surface area contributed by atoms with Gasteiger partial charge in [-0.25, -0.2) is 15.0 Å². The van der Waals surface area contributed by atoms with Crippen molar-refractivity contribution in [3.05, 3.63) is 84.4 Å². The minimum Gasteiger partial charge on any atom is -0.309 e. The zero-order valence-electron chi connectivity index (χ0n) is 16.8. The first-order valence-electron chi connectivity index (χ1n) is 10.4. The molecule has 1 aliphatic heterocycles. The molecule has 6 nitrogen and oxygen atoms in total. The van der Waals surface area contributed by atoms with Crippen LogP contribution in [0.25, 0.3) is 10.9 Å². The van der Waals surface area contributed by atoms with Crippen molar-refractivity contribution < 1.29 is 0 Å². The van der Waals surface area contributed by atoms with Crippen LogP contribution in [-0.4, -0.2) is 37.9 Å². The maximum absolute atomic E-state index is 4.82. The summed E-state index contributed by atoms with van der Waals surface area (Å²) in [5, 5.41) is 4.45. The van der Waals surface area contributed by atoms with Crippen molar-refractivity contribution in [1.82, 2.24) is 24.8 Å². The van der Waals surface area contributed by atoms with Crippen LogP contribution in [0.1, 0.15) is 30.0 Å². The van der Waals surface area contributed by atoms with Crippen molar-refractivity contribution in [3.63, 3.8) is 0 Å².